The molecule has 0 saturated heterocycles. The third-order valence-corrected chi connectivity index (χ3v) is 1.95. The molecule has 4 heteroatoms. The minimum absolute atomic E-state index is 0.0725. The summed E-state index contributed by atoms with van der Waals surface area (Å²) in [7, 11) is 0. The molecule has 0 bridgehead atoms. The molecular formula is C10H11F3O. The molecule has 0 spiro atoms. The Morgan fingerprint density at radius 1 is 1.21 bits per heavy atom. The van der Waals surface area contributed by atoms with Crippen molar-refractivity contribution in [3.63, 3.8) is 0 Å². The van der Waals surface area contributed by atoms with Crippen molar-refractivity contribution in [2.24, 2.45) is 0 Å². The second-order valence-electron chi connectivity index (χ2n) is 3.10. The number of benzene rings is 1. The molecule has 0 radical (unpaired) electrons. The minimum atomic E-state index is -1.50. The molecule has 0 aromatic heterocycles. The molecule has 78 valence electrons. The number of aliphatic hydroxyl groups is 1. The van der Waals surface area contributed by atoms with Crippen LogP contribution in [-0.2, 0) is 0 Å². The Kier molecular flexibility index (Phi) is 3.52. The van der Waals surface area contributed by atoms with Gasteiger partial charge in [-0.15, -0.1) is 0 Å². The zero-order chi connectivity index (χ0) is 10.7. The van der Waals surface area contributed by atoms with Crippen LogP contribution in [0.4, 0.5) is 13.2 Å². The number of rotatable bonds is 3. The van der Waals surface area contributed by atoms with E-state index in [-0.39, 0.29) is 5.56 Å². The summed E-state index contributed by atoms with van der Waals surface area (Å²) in [5.74, 6) is -4.04. The van der Waals surface area contributed by atoms with Crippen molar-refractivity contribution >= 4 is 0 Å². The molecule has 14 heavy (non-hydrogen) atoms. The van der Waals surface area contributed by atoms with Crippen LogP contribution in [0.1, 0.15) is 31.4 Å². The van der Waals surface area contributed by atoms with Crippen molar-refractivity contribution in [2.45, 2.75) is 25.9 Å². The van der Waals surface area contributed by atoms with Gasteiger partial charge in [0.25, 0.3) is 0 Å². The van der Waals surface area contributed by atoms with Gasteiger partial charge in [-0.05, 0) is 24.1 Å². The fourth-order valence-corrected chi connectivity index (χ4v) is 1.21. The summed E-state index contributed by atoms with van der Waals surface area (Å²) in [5.41, 5.74) is 0.0725. The van der Waals surface area contributed by atoms with Gasteiger partial charge in [-0.3, -0.25) is 0 Å². The summed E-state index contributed by atoms with van der Waals surface area (Å²) in [6.07, 6.45) is 0.136. The molecule has 0 aliphatic carbocycles. The molecule has 0 unspecified atom stereocenters. The van der Waals surface area contributed by atoms with Crippen LogP contribution in [-0.4, -0.2) is 5.11 Å². The van der Waals surface area contributed by atoms with E-state index in [1.165, 1.54) is 0 Å². The van der Waals surface area contributed by atoms with Crippen LogP contribution in [0.15, 0.2) is 12.1 Å². The van der Waals surface area contributed by atoms with Crippen molar-refractivity contribution in [2.75, 3.05) is 0 Å². The second kappa shape index (κ2) is 4.46. The first-order valence-electron chi connectivity index (χ1n) is 4.38. The predicted molar refractivity (Wildman–Crippen MR) is 46.2 cm³/mol. The van der Waals surface area contributed by atoms with E-state index in [0.717, 1.165) is 12.1 Å². The Hall–Kier alpha value is -1.03. The third kappa shape index (κ3) is 2.26. The molecule has 1 atom stereocenters. The summed E-state index contributed by atoms with van der Waals surface area (Å²) >= 11 is 0. The standard InChI is InChI=1S/C10H11F3O/c1-2-3-9(14)6-4-7(11)10(13)8(12)5-6/h4-5,9,14H,2-3H2,1H3/t9-/m0/s1. The SMILES string of the molecule is CCC[C@H](O)c1cc(F)c(F)c(F)c1. The van der Waals surface area contributed by atoms with Crippen LogP contribution in [0.5, 0.6) is 0 Å². The maximum Gasteiger partial charge on any atom is 0.194 e. The molecule has 0 aliphatic rings. The first-order valence-corrected chi connectivity index (χ1v) is 4.38. The second-order valence-corrected chi connectivity index (χ2v) is 3.10. The average molecular weight is 204 g/mol. The Labute approximate surface area is 80.2 Å². The zero-order valence-corrected chi connectivity index (χ0v) is 7.73. The third-order valence-electron chi connectivity index (χ3n) is 1.95. The number of hydrogen-bond donors (Lipinski definition) is 1. The lowest BCUT2D eigenvalue weighted by molar-refractivity contribution is 0.165. The van der Waals surface area contributed by atoms with Crippen molar-refractivity contribution in [1.82, 2.24) is 0 Å². The summed E-state index contributed by atoms with van der Waals surface area (Å²) in [5, 5.41) is 9.40. The molecule has 1 N–H and O–H groups in total. The summed E-state index contributed by atoms with van der Waals surface area (Å²) in [6, 6.07) is 1.64. The molecule has 1 rings (SSSR count). The largest absolute Gasteiger partial charge is 0.388 e. The van der Waals surface area contributed by atoms with E-state index in [9.17, 15) is 18.3 Å². The van der Waals surface area contributed by atoms with E-state index in [1.54, 1.807) is 0 Å². The molecule has 0 amide bonds. The van der Waals surface area contributed by atoms with Crippen molar-refractivity contribution < 1.29 is 18.3 Å². The lowest BCUT2D eigenvalue weighted by Gasteiger charge is -2.09. The molecule has 1 aromatic rings. The lowest BCUT2D eigenvalue weighted by atomic mass is 10.0. The Bertz CT molecular complexity index is 302. The van der Waals surface area contributed by atoms with E-state index in [0.29, 0.717) is 12.8 Å². The van der Waals surface area contributed by atoms with Crippen molar-refractivity contribution in [3.05, 3.63) is 35.1 Å². The van der Waals surface area contributed by atoms with Crippen LogP contribution in [0.2, 0.25) is 0 Å². The first-order chi connectivity index (χ1) is 6.56. The Balaban J connectivity index is 3.00. The minimum Gasteiger partial charge on any atom is -0.388 e. The van der Waals surface area contributed by atoms with Crippen molar-refractivity contribution in [3.8, 4) is 0 Å². The van der Waals surface area contributed by atoms with E-state index >= 15 is 0 Å². The first kappa shape index (κ1) is 11.0. The molecular weight excluding hydrogens is 193 g/mol. The highest BCUT2D eigenvalue weighted by atomic mass is 19.2. The van der Waals surface area contributed by atoms with Gasteiger partial charge in [0.1, 0.15) is 0 Å². The Morgan fingerprint density at radius 3 is 2.14 bits per heavy atom. The van der Waals surface area contributed by atoms with Gasteiger partial charge in [0.15, 0.2) is 17.5 Å². The topological polar surface area (TPSA) is 20.2 Å². The highest BCUT2D eigenvalue weighted by Crippen LogP contribution is 2.22. The van der Waals surface area contributed by atoms with Crippen LogP contribution >= 0.6 is 0 Å². The smallest absolute Gasteiger partial charge is 0.194 e. The summed E-state index contributed by atoms with van der Waals surface area (Å²) < 4.78 is 38.0. The van der Waals surface area contributed by atoms with Gasteiger partial charge >= 0.3 is 0 Å². The Morgan fingerprint density at radius 2 is 1.71 bits per heavy atom. The molecule has 0 saturated carbocycles. The van der Waals surface area contributed by atoms with Gasteiger partial charge in [0, 0.05) is 0 Å². The van der Waals surface area contributed by atoms with E-state index in [4.69, 9.17) is 0 Å². The van der Waals surface area contributed by atoms with Gasteiger partial charge in [0.2, 0.25) is 0 Å². The van der Waals surface area contributed by atoms with E-state index in [2.05, 4.69) is 0 Å². The number of hydrogen-bond acceptors (Lipinski definition) is 1. The van der Waals surface area contributed by atoms with Gasteiger partial charge in [0.05, 0.1) is 6.10 Å². The number of aliphatic hydroxyl groups excluding tert-OH is 1. The molecule has 0 aliphatic heterocycles. The molecule has 1 nitrogen and oxygen atoms in total. The average Bonchev–Trinajstić information content (AvgIpc) is 2.13. The van der Waals surface area contributed by atoms with Crippen molar-refractivity contribution in [1.29, 1.82) is 0 Å². The predicted octanol–water partition coefficient (Wildman–Crippen LogP) is 2.94. The summed E-state index contributed by atoms with van der Waals surface area (Å²) in [6.45, 7) is 1.83. The van der Waals surface area contributed by atoms with Crippen LogP contribution < -0.4 is 0 Å². The van der Waals surface area contributed by atoms with Crippen LogP contribution in [0.25, 0.3) is 0 Å². The fourth-order valence-electron chi connectivity index (χ4n) is 1.21. The van der Waals surface area contributed by atoms with Crippen LogP contribution in [0.3, 0.4) is 0 Å². The summed E-state index contributed by atoms with van der Waals surface area (Å²) in [4.78, 5) is 0. The fraction of sp³-hybridized carbons (Fsp3) is 0.400. The van der Waals surface area contributed by atoms with E-state index < -0.39 is 23.6 Å². The van der Waals surface area contributed by atoms with Gasteiger partial charge < -0.3 is 5.11 Å². The zero-order valence-electron chi connectivity index (χ0n) is 7.73. The maximum atomic E-state index is 12.7. The van der Waals surface area contributed by atoms with Gasteiger partial charge in [-0.2, -0.15) is 0 Å². The highest BCUT2D eigenvalue weighted by Gasteiger charge is 2.14. The van der Waals surface area contributed by atoms with E-state index in [1.807, 2.05) is 6.92 Å². The van der Waals surface area contributed by atoms with Gasteiger partial charge in [-0.1, -0.05) is 13.3 Å². The monoisotopic (exact) mass is 204 g/mol. The normalized spacial score (nSPS) is 12.9. The quantitative estimate of drug-likeness (QED) is 0.750. The molecule has 0 heterocycles. The maximum absolute atomic E-state index is 12.7. The highest BCUT2D eigenvalue weighted by molar-refractivity contribution is 5.21. The van der Waals surface area contributed by atoms with Crippen LogP contribution in [0, 0.1) is 17.5 Å². The van der Waals surface area contributed by atoms with Gasteiger partial charge in [-0.25, -0.2) is 13.2 Å². The number of halogens is 3. The molecule has 0 fully saturated rings. The lowest BCUT2D eigenvalue weighted by Crippen LogP contribution is -2.01. The molecule has 1 aromatic carbocycles.